The summed E-state index contributed by atoms with van der Waals surface area (Å²) < 4.78 is 37.6. The van der Waals surface area contributed by atoms with Crippen LogP contribution in [-0.4, -0.2) is 40.1 Å². The molecule has 162 valence electrons. The topological polar surface area (TPSA) is 111 Å². The van der Waals surface area contributed by atoms with Gasteiger partial charge >= 0.3 is 5.97 Å². The highest BCUT2D eigenvalue weighted by molar-refractivity contribution is 7.89. The van der Waals surface area contributed by atoms with Crippen LogP contribution < -0.4 is 14.8 Å². The Morgan fingerprint density at radius 3 is 2.13 bits per heavy atom. The smallest absolute Gasteiger partial charge is 0.324 e. The minimum absolute atomic E-state index is 0.0149. The molecule has 1 atom stereocenters. The van der Waals surface area contributed by atoms with Crippen LogP contribution in [0, 0.1) is 12.8 Å². The van der Waals surface area contributed by atoms with Crippen LogP contribution in [0.4, 0.5) is 5.69 Å². The highest BCUT2D eigenvalue weighted by Gasteiger charge is 2.30. The predicted molar refractivity (Wildman–Crippen MR) is 113 cm³/mol. The first-order valence-corrected chi connectivity index (χ1v) is 10.8. The summed E-state index contributed by atoms with van der Waals surface area (Å²) in [5.41, 5.74) is 1.62. The van der Waals surface area contributed by atoms with Gasteiger partial charge in [-0.25, -0.2) is 8.42 Å². The molecule has 0 radical (unpaired) electrons. The Morgan fingerprint density at radius 2 is 1.60 bits per heavy atom. The molecule has 0 bridgehead atoms. The maximum atomic E-state index is 12.6. The lowest BCUT2D eigenvalue weighted by atomic mass is 10.1. The summed E-state index contributed by atoms with van der Waals surface area (Å²) in [5, 5.41) is 2.61. The molecule has 0 aliphatic heterocycles. The molecule has 0 unspecified atom stereocenters. The van der Waals surface area contributed by atoms with Gasteiger partial charge in [-0.2, -0.15) is 4.72 Å². The first-order valence-electron chi connectivity index (χ1n) is 9.32. The van der Waals surface area contributed by atoms with Crippen LogP contribution in [0.25, 0.3) is 0 Å². The molecular formula is C21H26N2O6S. The minimum atomic E-state index is -3.97. The number of nitrogens with one attached hydrogen (secondary N) is 2. The number of rotatable bonds is 9. The van der Waals surface area contributed by atoms with E-state index in [2.05, 4.69) is 10.0 Å². The maximum Gasteiger partial charge on any atom is 0.324 e. The molecule has 0 aliphatic rings. The Bertz CT molecular complexity index is 970. The fraction of sp³-hybridized carbons (Fsp3) is 0.333. The number of anilines is 1. The van der Waals surface area contributed by atoms with Crippen LogP contribution in [0.1, 0.15) is 19.4 Å². The van der Waals surface area contributed by atoms with Crippen LogP contribution in [0.2, 0.25) is 0 Å². The summed E-state index contributed by atoms with van der Waals surface area (Å²) in [6, 6.07) is 11.7. The number of esters is 1. The molecule has 8 nitrogen and oxygen atoms in total. The maximum absolute atomic E-state index is 12.6. The molecule has 0 aromatic heterocycles. The van der Waals surface area contributed by atoms with Crippen LogP contribution in [-0.2, 0) is 24.3 Å². The zero-order valence-electron chi connectivity index (χ0n) is 17.3. The van der Waals surface area contributed by atoms with Crippen molar-refractivity contribution in [3.63, 3.8) is 0 Å². The number of ether oxygens (including phenoxy) is 2. The average Bonchev–Trinajstić information content (AvgIpc) is 2.72. The van der Waals surface area contributed by atoms with E-state index < -0.39 is 40.5 Å². The molecule has 2 aromatic carbocycles. The molecule has 0 saturated carbocycles. The summed E-state index contributed by atoms with van der Waals surface area (Å²) in [5.74, 6) is -1.24. The number of hydrogen-bond acceptors (Lipinski definition) is 6. The molecular weight excluding hydrogens is 408 g/mol. The number of hydrogen-bond donors (Lipinski definition) is 2. The molecule has 2 aromatic rings. The number of sulfonamides is 1. The van der Waals surface area contributed by atoms with E-state index in [1.54, 1.807) is 26.0 Å². The Labute approximate surface area is 176 Å². The van der Waals surface area contributed by atoms with E-state index >= 15 is 0 Å². The van der Waals surface area contributed by atoms with Gasteiger partial charge in [0.1, 0.15) is 11.8 Å². The average molecular weight is 435 g/mol. The third-order valence-corrected chi connectivity index (χ3v) is 5.71. The SMILES string of the molecule is COc1ccc(S(=O)(=O)N[C@H](C(=O)OCC(=O)Nc2ccc(C)cc2)C(C)C)cc1. The van der Waals surface area contributed by atoms with Gasteiger partial charge in [-0.1, -0.05) is 31.5 Å². The Kier molecular flexibility index (Phi) is 7.96. The summed E-state index contributed by atoms with van der Waals surface area (Å²) in [4.78, 5) is 24.5. The molecule has 9 heteroatoms. The van der Waals surface area contributed by atoms with Crippen molar-refractivity contribution in [3.8, 4) is 5.75 Å². The summed E-state index contributed by atoms with van der Waals surface area (Å²) in [7, 11) is -2.50. The Balaban J connectivity index is 1.99. The lowest BCUT2D eigenvalue weighted by molar-refractivity contribution is -0.150. The minimum Gasteiger partial charge on any atom is -0.497 e. The van der Waals surface area contributed by atoms with Crippen molar-refractivity contribution < 1.29 is 27.5 Å². The largest absolute Gasteiger partial charge is 0.497 e. The van der Waals surface area contributed by atoms with E-state index in [0.29, 0.717) is 11.4 Å². The van der Waals surface area contributed by atoms with Gasteiger partial charge in [-0.3, -0.25) is 9.59 Å². The number of amides is 1. The first kappa shape index (κ1) is 23.4. The van der Waals surface area contributed by atoms with E-state index in [0.717, 1.165) is 5.56 Å². The van der Waals surface area contributed by atoms with Crippen molar-refractivity contribution in [2.24, 2.45) is 5.92 Å². The first-order chi connectivity index (χ1) is 14.1. The number of carbonyl (C=O) groups is 2. The molecule has 1 amide bonds. The van der Waals surface area contributed by atoms with E-state index in [9.17, 15) is 18.0 Å². The van der Waals surface area contributed by atoms with Gasteiger partial charge in [0.2, 0.25) is 10.0 Å². The summed E-state index contributed by atoms with van der Waals surface area (Å²) >= 11 is 0. The third kappa shape index (κ3) is 6.57. The number of benzene rings is 2. The molecule has 0 saturated heterocycles. The standard InChI is InChI=1S/C21H26N2O6S/c1-14(2)20(23-30(26,27)18-11-9-17(28-4)10-12-18)21(25)29-13-19(24)22-16-7-5-15(3)6-8-16/h5-12,14,20,23H,13H2,1-4H3,(H,22,24)/t20-/m0/s1. The van der Waals surface area contributed by atoms with Crippen LogP contribution in [0.15, 0.2) is 53.4 Å². The van der Waals surface area contributed by atoms with Gasteiger partial charge in [0.05, 0.1) is 12.0 Å². The second kappa shape index (κ2) is 10.2. The second-order valence-corrected chi connectivity index (χ2v) is 8.75. The fourth-order valence-electron chi connectivity index (χ4n) is 2.51. The van der Waals surface area contributed by atoms with E-state index in [-0.39, 0.29) is 4.90 Å². The van der Waals surface area contributed by atoms with E-state index in [4.69, 9.17) is 9.47 Å². The van der Waals surface area contributed by atoms with Gasteiger partial charge < -0.3 is 14.8 Å². The molecule has 30 heavy (non-hydrogen) atoms. The predicted octanol–water partition coefficient (Wildman–Crippen LogP) is 2.49. The van der Waals surface area contributed by atoms with Crippen LogP contribution in [0.5, 0.6) is 5.75 Å². The molecule has 2 rings (SSSR count). The lowest BCUT2D eigenvalue weighted by Crippen LogP contribution is -2.45. The van der Waals surface area contributed by atoms with Crippen LogP contribution in [0.3, 0.4) is 0 Å². The summed E-state index contributed by atoms with van der Waals surface area (Å²) in [6.45, 7) is 4.75. The van der Waals surface area contributed by atoms with Gasteiger partial charge in [0, 0.05) is 5.69 Å². The second-order valence-electron chi connectivity index (χ2n) is 7.04. The van der Waals surface area contributed by atoms with Gasteiger partial charge in [-0.15, -0.1) is 0 Å². The molecule has 0 heterocycles. The molecule has 2 N–H and O–H groups in total. The van der Waals surface area contributed by atoms with Crippen molar-refractivity contribution >= 4 is 27.6 Å². The quantitative estimate of drug-likeness (QED) is 0.587. The fourth-order valence-corrected chi connectivity index (χ4v) is 3.84. The van der Waals surface area contributed by atoms with Gasteiger partial charge in [0.25, 0.3) is 5.91 Å². The van der Waals surface area contributed by atoms with Crippen molar-refractivity contribution in [2.45, 2.75) is 31.7 Å². The molecule has 0 fully saturated rings. The molecule has 0 aliphatic carbocycles. The van der Waals surface area contributed by atoms with Crippen molar-refractivity contribution in [2.75, 3.05) is 19.0 Å². The zero-order valence-corrected chi connectivity index (χ0v) is 18.2. The van der Waals surface area contributed by atoms with Crippen molar-refractivity contribution in [3.05, 3.63) is 54.1 Å². The van der Waals surface area contributed by atoms with Gasteiger partial charge in [0.15, 0.2) is 6.61 Å². The number of methoxy groups -OCH3 is 1. The van der Waals surface area contributed by atoms with Crippen LogP contribution >= 0.6 is 0 Å². The zero-order chi connectivity index (χ0) is 22.3. The van der Waals surface area contributed by atoms with E-state index in [1.165, 1.54) is 31.4 Å². The van der Waals surface area contributed by atoms with Crippen molar-refractivity contribution in [1.82, 2.24) is 4.72 Å². The number of aryl methyl sites for hydroxylation is 1. The Morgan fingerprint density at radius 1 is 1.00 bits per heavy atom. The highest BCUT2D eigenvalue weighted by atomic mass is 32.2. The summed E-state index contributed by atoms with van der Waals surface area (Å²) in [6.07, 6.45) is 0. The lowest BCUT2D eigenvalue weighted by Gasteiger charge is -2.20. The van der Waals surface area contributed by atoms with Gasteiger partial charge in [-0.05, 0) is 49.2 Å². The third-order valence-electron chi connectivity index (χ3n) is 4.25. The normalized spacial score (nSPS) is 12.3. The molecule has 0 spiro atoms. The van der Waals surface area contributed by atoms with Crippen molar-refractivity contribution in [1.29, 1.82) is 0 Å². The Hall–Kier alpha value is -2.91. The van der Waals surface area contributed by atoms with E-state index in [1.807, 2.05) is 19.1 Å². The monoisotopic (exact) mass is 434 g/mol. The number of carbonyl (C=O) groups excluding carboxylic acids is 2. The highest BCUT2D eigenvalue weighted by Crippen LogP contribution is 2.17.